The molecule has 1 aromatic heterocycles. The lowest BCUT2D eigenvalue weighted by molar-refractivity contribution is -0.132. The van der Waals surface area contributed by atoms with Crippen LogP contribution in [0.1, 0.15) is 36.6 Å². The van der Waals surface area contributed by atoms with Crippen LogP contribution in [0, 0.1) is 0 Å². The van der Waals surface area contributed by atoms with Crippen molar-refractivity contribution in [3.05, 3.63) is 81.9 Å². The lowest BCUT2D eigenvalue weighted by atomic mass is 9.94. The zero-order valence-corrected chi connectivity index (χ0v) is 23.5. The SMILES string of the molecule is CCOc1ccc([C@@H]2C(=C(O)c3ccc4c(c3)C[C@@H](C)O4)C(=O)C(=O)N2c2nc3ccc(Cl)cc3s2)cc1OC. The molecule has 0 aliphatic carbocycles. The van der Waals surface area contributed by atoms with E-state index in [1.165, 1.54) is 23.3 Å². The van der Waals surface area contributed by atoms with Crippen LogP contribution in [0.5, 0.6) is 17.2 Å². The number of fused-ring (bicyclic) bond motifs is 2. The van der Waals surface area contributed by atoms with Gasteiger partial charge in [-0.3, -0.25) is 14.5 Å². The van der Waals surface area contributed by atoms with Gasteiger partial charge >= 0.3 is 5.91 Å². The minimum Gasteiger partial charge on any atom is -0.507 e. The molecule has 2 atom stereocenters. The molecule has 0 radical (unpaired) electrons. The summed E-state index contributed by atoms with van der Waals surface area (Å²) in [6, 6.07) is 14.7. The van der Waals surface area contributed by atoms with E-state index < -0.39 is 17.7 Å². The Balaban J connectivity index is 1.55. The van der Waals surface area contributed by atoms with E-state index in [4.69, 9.17) is 25.8 Å². The number of Topliss-reactive ketones (excluding diaryl/α,β-unsaturated/α-hetero) is 1. The van der Waals surface area contributed by atoms with Gasteiger partial charge in [-0.1, -0.05) is 29.0 Å². The van der Waals surface area contributed by atoms with Gasteiger partial charge in [0.05, 0.1) is 35.5 Å². The molecule has 1 N–H and O–H groups in total. The van der Waals surface area contributed by atoms with E-state index in [1.807, 2.05) is 13.8 Å². The van der Waals surface area contributed by atoms with Gasteiger partial charge in [-0.15, -0.1) is 0 Å². The van der Waals surface area contributed by atoms with Crippen LogP contribution < -0.4 is 19.1 Å². The quantitative estimate of drug-likeness (QED) is 0.163. The van der Waals surface area contributed by atoms with Gasteiger partial charge in [-0.2, -0.15) is 0 Å². The second kappa shape index (κ2) is 10.1. The van der Waals surface area contributed by atoms with Crippen molar-refractivity contribution in [3.8, 4) is 17.2 Å². The molecule has 4 aromatic rings. The number of carbonyl (C=O) groups is 2. The Labute approximate surface area is 239 Å². The van der Waals surface area contributed by atoms with Crippen molar-refractivity contribution in [2.75, 3.05) is 18.6 Å². The average Bonchev–Trinajstić information content (AvgIpc) is 3.60. The first-order valence-corrected chi connectivity index (χ1v) is 14.0. The number of rotatable bonds is 6. The number of carbonyl (C=O) groups excluding carboxylic acids is 2. The molecule has 2 aliphatic heterocycles. The number of aliphatic hydroxyl groups excluding tert-OH is 1. The first-order valence-electron chi connectivity index (χ1n) is 12.8. The molecule has 1 saturated heterocycles. The predicted octanol–water partition coefficient (Wildman–Crippen LogP) is 6.31. The number of anilines is 1. The Morgan fingerprint density at radius 2 is 1.98 bits per heavy atom. The predicted molar refractivity (Wildman–Crippen MR) is 154 cm³/mol. The van der Waals surface area contributed by atoms with E-state index in [0.717, 1.165) is 16.0 Å². The topological polar surface area (TPSA) is 98.2 Å². The first-order chi connectivity index (χ1) is 19.3. The van der Waals surface area contributed by atoms with E-state index >= 15 is 0 Å². The van der Waals surface area contributed by atoms with Crippen LogP contribution in [0.4, 0.5) is 5.13 Å². The summed E-state index contributed by atoms with van der Waals surface area (Å²) in [6.07, 6.45) is 0.695. The standard InChI is InChI=1S/C30H25ClN2O6S/c1-4-38-22-10-5-16(13-23(22)37-3)26-25(27(34)17-6-9-21-18(12-17)11-15(2)39-21)28(35)29(36)33(26)30-32-20-8-7-19(31)14-24(20)40-30/h5-10,12-15,26,34H,4,11H2,1-3H3/t15-,26-/m1/s1. The van der Waals surface area contributed by atoms with Gasteiger partial charge in [0.25, 0.3) is 5.78 Å². The van der Waals surface area contributed by atoms with Gasteiger partial charge in [0.2, 0.25) is 0 Å². The molecule has 0 unspecified atom stereocenters. The molecular weight excluding hydrogens is 552 g/mol. The third-order valence-corrected chi connectivity index (χ3v) is 8.21. The van der Waals surface area contributed by atoms with Crippen LogP contribution in [0.3, 0.4) is 0 Å². The third kappa shape index (κ3) is 4.35. The molecule has 0 saturated carbocycles. The molecule has 0 spiro atoms. The number of halogens is 1. The maximum absolute atomic E-state index is 13.6. The molecule has 0 bridgehead atoms. The van der Waals surface area contributed by atoms with Gasteiger partial charge in [-0.25, -0.2) is 4.98 Å². The molecule has 10 heteroatoms. The van der Waals surface area contributed by atoms with Crippen LogP contribution >= 0.6 is 22.9 Å². The van der Waals surface area contributed by atoms with Crippen LogP contribution in [0.25, 0.3) is 16.0 Å². The number of hydrogen-bond donors (Lipinski definition) is 1. The number of nitrogens with zero attached hydrogens (tertiary/aromatic N) is 2. The van der Waals surface area contributed by atoms with Gasteiger partial charge in [0.15, 0.2) is 16.6 Å². The molecule has 40 heavy (non-hydrogen) atoms. The molecule has 2 aliphatic rings. The number of benzene rings is 3. The number of aliphatic hydroxyl groups is 1. The summed E-state index contributed by atoms with van der Waals surface area (Å²) in [6.45, 7) is 4.27. The van der Waals surface area contributed by atoms with E-state index in [2.05, 4.69) is 4.98 Å². The Bertz CT molecular complexity index is 1710. The van der Waals surface area contributed by atoms with Crippen LogP contribution in [0.15, 0.2) is 60.2 Å². The Morgan fingerprint density at radius 1 is 1.15 bits per heavy atom. The van der Waals surface area contributed by atoms with E-state index in [-0.39, 0.29) is 17.4 Å². The van der Waals surface area contributed by atoms with Crippen LogP contribution in [-0.4, -0.2) is 41.6 Å². The van der Waals surface area contributed by atoms with Crippen molar-refractivity contribution >= 4 is 55.7 Å². The van der Waals surface area contributed by atoms with Gasteiger partial charge in [-0.05, 0) is 73.5 Å². The van der Waals surface area contributed by atoms with Crippen molar-refractivity contribution in [2.24, 2.45) is 0 Å². The highest BCUT2D eigenvalue weighted by Crippen LogP contribution is 2.46. The number of ketones is 1. The number of aromatic nitrogens is 1. The molecule has 3 aromatic carbocycles. The fourth-order valence-corrected chi connectivity index (χ4v) is 6.46. The van der Waals surface area contributed by atoms with Crippen molar-refractivity contribution in [2.45, 2.75) is 32.4 Å². The van der Waals surface area contributed by atoms with Gasteiger partial charge < -0.3 is 19.3 Å². The second-order valence-corrected chi connectivity index (χ2v) is 11.0. The molecule has 1 fully saturated rings. The molecular formula is C30H25ClN2O6S. The number of hydrogen-bond acceptors (Lipinski definition) is 8. The highest BCUT2D eigenvalue weighted by molar-refractivity contribution is 7.22. The highest BCUT2D eigenvalue weighted by atomic mass is 35.5. The number of amides is 1. The minimum atomic E-state index is -0.968. The summed E-state index contributed by atoms with van der Waals surface area (Å²) in [7, 11) is 1.52. The first kappa shape index (κ1) is 26.2. The Hall–Kier alpha value is -4.08. The zero-order chi connectivity index (χ0) is 28.1. The van der Waals surface area contributed by atoms with Crippen molar-refractivity contribution in [3.63, 3.8) is 0 Å². The average molecular weight is 577 g/mol. The van der Waals surface area contributed by atoms with Crippen LogP contribution in [0.2, 0.25) is 5.02 Å². The molecule has 8 nitrogen and oxygen atoms in total. The largest absolute Gasteiger partial charge is 0.507 e. The molecule has 204 valence electrons. The van der Waals surface area contributed by atoms with Crippen molar-refractivity contribution in [1.82, 2.24) is 4.98 Å². The smallest absolute Gasteiger partial charge is 0.301 e. The summed E-state index contributed by atoms with van der Waals surface area (Å²) in [4.78, 5) is 33.2. The third-order valence-electron chi connectivity index (χ3n) is 6.96. The lowest BCUT2D eigenvalue weighted by Gasteiger charge is -2.24. The van der Waals surface area contributed by atoms with E-state index in [1.54, 1.807) is 54.6 Å². The highest BCUT2D eigenvalue weighted by Gasteiger charge is 2.48. The minimum absolute atomic E-state index is 0.0156. The summed E-state index contributed by atoms with van der Waals surface area (Å²) >= 11 is 7.43. The zero-order valence-electron chi connectivity index (χ0n) is 21.9. The van der Waals surface area contributed by atoms with E-state index in [0.29, 0.717) is 51.3 Å². The molecule has 1 amide bonds. The number of methoxy groups -OCH3 is 1. The molecule has 3 heterocycles. The monoisotopic (exact) mass is 576 g/mol. The summed E-state index contributed by atoms with van der Waals surface area (Å²) in [5.74, 6) is -0.172. The summed E-state index contributed by atoms with van der Waals surface area (Å²) in [5, 5.41) is 12.4. The summed E-state index contributed by atoms with van der Waals surface area (Å²) in [5.41, 5.74) is 2.50. The molecule has 6 rings (SSSR count). The van der Waals surface area contributed by atoms with Crippen molar-refractivity contribution < 1.29 is 28.9 Å². The number of thiazole rings is 1. The fourth-order valence-electron chi connectivity index (χ4n) is 5.19. The van der Waals surface area contributed by atoms with E-state index in [9.17, 15) is 14.7 Å². The Morgan fingerprint density at radius 3 is 2.75 bits per heavy atom. The maximum Gasteiger partial charge on any atom is 0.301 e. The van der Waals surface area contributed by atoms with Crippen molar-refractivity contribution in [1.29, 1.82) is 0 Å². The second-order valence-electron chi connectivity index (χ2n) is 9.58. The van der Waals surface area contributed by atoms with Crippen LogP contribution in [-0.2, 0) is 16.0 Å². The Kier molecular flexibility index (Phi) is 6.64. The lowest BCUT2D eigenvalue weighted by Crippen LogP contribution is -2.29. The maximum atomic E-state index is 13.6. The van der Waals surface area contributed by atoms with Gasteiger partial charge in [0.1, 0.15) is 17.6 Å². The fraction of sp³-hybridized carbons (Fsp3) is 0.233. The number of ether oxygens (including phenoxy) is 3. The summed E-state index contributed by atoms with van der Waals surface area (Å²) < 4.78 is 17.8. The normalized spacial score (nSPS) is 19.6. The van der Waals surface area contributed by atoms with Gasteiger partial charge in [0, 0.05) is 17.0 Å².